The van der Waals surface area contributed by atoms with E-state index in [4.69, 9.17) is 4.74 Å². The average Bonchev–Trinajstić information content (AvgIpc) is 2.94. The van der Waals surface area contributed by atoms with Crippen LogP contribution in [0.1, 0.15) is 79.2 Å². The van der Waals surface area contributed by atoms with E-state index in [9.17, 15) is 34.5 Å². The molecule has 1 aromatic carbocycles. The molecule has 0 atom stereocenters. The Morgan fingerprint density at radius 1 is 0.839 bits per heavy atom. The number of aryl methyl sites for hydroxylation is 3. The van der Waals surface area contributed by atoms with Crippen LogP contribution in [0.25, 0.3) is 5.69 Å². The SMILES string of the molecule is Cc1cc(C)c(-n2c(C(=O)O)c(C(=O)O)c(C(=O)O)c2C(=O)OCC(C)(C)C)c(C)c1. The number of hydrogen-bond donors (Lipinski definition) is 3. The summed E-state index contributed by atoms with van der Waals surface area (Å²) < 4.78 is 6.15. The molecular formula is C22H25NO8. The zero-order valence-corrected chi connectivity index (χ0v) is 18.2. The maximum absolute atomic E-state index is 13.0. The van der Waals surface area contributed by atoms with E-state index in [0.29, 0.717) is 11.1 Å². The highest BCUT2D eigenvalue weighted by Gasteiger charge is 2.39. The van der Waals surface area contributed by atoms with Gasteiger partial charge in [0, 0.05) is 0 Å². The Balaban J connectivity index is 3.05. The van der Waals surface area contributed by atoms with Gasteiger partial charge < -0.3 is 20.1 Å². The molecule has 0 bridgehead atoms. The molecule has 0 saturated heterocycles. The van der Waals surface area contributed by atoms with Crippen LogP contribution in [-0.4, -0.2) is 50.4 Å². The van der Waals surface area contributed by atoms with Gasteiger partial charge in [0.05, 0.1) is 12.3 Å². The van der Waals surface area contributed by atoms with Crippen molar-refractivity contribution in [1.82, 2.24) is 4.57 Å². The molecule has 0 aliphatic heterocycles. The number of ether oxygens (including phenoxy) is 1. The van der Waals surface area contributed by atoms with E-state index in [-0.39, 0.29) is 12.3 Å². The predicted octanol–water partition coefficient (Wildman–Crippen LogP) is 3.70. The van der Waals surface area contributed by atoms with Gasteiger partial charge in [-0.25, -0.2) is 19.2 Å². The Morgan fingerprint density at radius 3 is 1.68 bits per heavy atom. The van der Waals surface area contributed by atoms with Crippen molar-refractivity contribution in [2.24, 2.45) is 5.41 Å². The maximum Gasteiger partial charge on any atom is 0.356 e. The van der Waals surface area contributed by atoms with Crippen LogP contribution in [0.3, 0.4) is 0 Å². The second-order valence-corrected chi connectivity index (χ2v) is 8.58. The Labute approximate surface area is 178 Å². The van der Waals surface area contributed by atoms with Crippen molar-refractivity contribution in [2.45, 2.75) is 41.5 Å². The smallest absolute Gasteiger partial charge is 0.356 e. The van der Waals surface area contributed by atoms with E-state index < -0.39 is 51.8 Å². The molecule has 0 saturated carbocycles. The number of carbonyl (C=O) groups is 4. The van der Waals surface area contributed by atoms with E-state index >= 15 is 0 Å². The minimum absolute atomic E-state index is 0.0905. The molecule has 1 aromatic heterocycles. The molecule has 0 aliphatic rings. The Hall–Kier alpha value is -3.62. The van der Waals surface area contributed by atoms with E-state index in [1.165, 1.54) is 0 Å². The summed E-state index contributed by atoms with van der Waals surface area (Å²) in [6, 6.07) is 3.44. The van der Waals surface area contributed by atoms with Crippen LogP contribution in [0.15, 0.2) is 12.1 Å². The van der Waals surface area contributed by atoms with Crippen molar-refractivity contribution in [3.05, 3.63) is 51.3 Å². The van der Waals surface area contributed by atoms with E-state index in [0.717, 1.165) is 10.1 Å². The molecule has 166 valence electrons. The molecule has 9 heteroatoms. The number of carboxylic acids is 3. The summed E-state index contributed by atoms with van der Waals surface area (Å²) >= 11 is 0. The first kappa shape index (κ1) is 23.7. The average molecular weight is 431 g/mol. The highest BCUT2D eigenvalue weighted by atomic mass is 16.5. The fourth-order valence-electron chi connectivity index (χ4n) is 3.48. The predicted molar refractivity (Wildman–Crippen MR) is 111 cm³/mol. The first-order chi connectivity index (χ1) is 14.2. The normalized spacial score (nSPS) is 11.3. The van der Waals surface area contributed by atoms with Crippen LogP contribution in [-0.2, 0) is 4.74 Å². The van der Waals surface area contributed by atoms with Gasteiger partial charge in [0.25, 0.3) is 0 Å². The molecule has 3 N–H and O–H groups in total. The van der Waals surface area contributed by atoms with Crippen molar-refractivity contribution < 1.29 is 39.2 Å². The summed E-state index contributed by atoms with van der Waals surface area (Å²) in [7, 11) is 0. The van der Waals surface area contributed by atoms with Crippen molar-refractivity contribution in [1.29, 1.82) is 0 Å². The number of nitrogens with zero attached hydrogens (tertiary/aromatic N) is 1. The number of carboxylic acid groups (broad SMARTS) is 3. The van der Waals surface area contributed by atoms with Gasteiger partial charge in [0.2, 0.25) is 0 Å². The molecule has 2 aromatic rings. The van der Waals surface area contributed by atoms with Crippen LogP contribution >= 0.6 is 0 Å². The second kappa shape index (κ2) is 8.25. The van der Waals surface area contributed by atoms with E-state index in [1.807, 2.05) is 6.92 Å². The van der Waals surface area contributed by atoms with Gasteiger partial charge >= 0.3 is 23.9 Å². The summed E-state index contributed by atoms with van der Waals surface area (Å²) in [6.45, 7) is 10.4. The number of carbonyl (C=O) groups excluding carboxylic acids is 1. The van der Waals surface area contributed by atoms with E-state index in [2.05, 4.69) is 0 Å². The molecule has 0 unspecified atom stereocenters. The fourth-order valence-corrected chi connectivity index (χ4v) is 3.48. The zero-order chi connectivity index (χ0) is 23.8. The largest absolute Gasteiger partial charge is 0.478 e. The lowest BCUT2D eigenvalue weighted by atomic mass is 9.99. The van der Waals surface area contributed by atoms with Crippen LogP contribution in [0.5, 0.6) is 0 Å². The lowest BCUT2D eigenvalue weighted by Gasteiger charge is -2.20. The van der Waals surface area contributed by atoms with Crippen LogP contribution in [0.2, 0.25) is 0 Å². The summed E-state index contributed by atoms with van der Waals surface area (Å²) in [5, 5.41) is 29.2. The van der Waals surface area contributed by atoms with Gasteiger partial charge in [-0.1, -0.05) is 38.5 Å². The first-order valence-corrected chi connectivity index (χ1v) is 9.41. The molecule has 0 spiro atoms. The molecule has 31 heavy (non-hydrogen) atoms. The number of hydrogen-bond acceptors (Lipinski definition) is 5. The van der Waals surface area contributed by atoms with Crippen molar-refractivity contribution in [2.75, 3.05) is 6.61 Å². The highest BCUT2D eigenvalue weighted by Crippen LogP contribution is 2.32. The van der Waals surface area contributed by atoms with Gasteiger partial charge in [-0.05, 0) is 37.3 Å². The Bertz CT molecular complexity index is 1080. The number of esters is 1. The van der Waals surface area contributed by atoms with Gasteiger partial charge in [0.1, 0.15) is 22.5 Å². The lowest BCUT2D eigenvalue weighted by Crippen LogP contribution is -2.23. The molecule has 9 nitrogen and oxygen atoms in total. The van der Waals surface area contributed by atoms with Gasteiger partial charge in [-0.3, -0.25) is 4.57 Å². The number of aromatic carboxylic acids is 3. The van der Waals surface area contributed by atoms with Crippen LogP contribution < -0.4 is 0 Å². The quantitative estimate of drug-likeness (QED) is 0.588. The van der Waals surface area contributed by atoms with Gasteiger partial charge in [-0.2, -0.15) is 0 Å². The lowest BCUT2D eigenvalue weighted by molar-refractivity contribution is 0.0351. The Morgan fingerprint density at radius 2 is 1.29 bits per heavy atom. The molecule has 0 radical (unpaired) electrons. The molecule has 2 rings (SSSR count). The van der Waals surface area contributed by atoms with E-state index in [1.54, 1.807) is 46.8 Å². The minimum Gasteiger partial charge on any atom is -0.478 e. The van der Waals surface area contributed by atoms with Crippen molar-refractivity contribution in [3.63, 3.8) is 0 Å². The van der Waals surface area contributed by atoms with Crippen LogP contribution in [0, 0.1) is 26.2 Å². The molecule has 1 heterocycles. The van der Waals surface area contributed by atoms with Crippen molar-refractivity contribution >= 4 is 23.9 Å². The summed E-state index contributed by atoms with van der Waals surface area (Å²) in [5.41, 5.74) is -1.72. The van der Waals surface area contributed by atoms with Crippen LogP contribution in [0.4, 0.5) is 0 Å². The molecule has 0 fully saturated rings. The van der Waals surface area contributed by atoms with Gasteiger partial charge in [0.15, 0.2) is 0 Å². The molecule has 0 aliphatic carbocycles. The number of benzene rings is 1. The summed E-state index contributed by atoms with van der Waals surface area (Å²) in [4.78, 5) is 49.1. The maximum atomic E-state index is 13.0. The molecule has 0 amide bonds. The standard InChI is InChI=1S/C22H25NO8/c1-10-7-11(2)15(12(3)8-10)23-16(20(28)29)13(18(24)25)14(19(26)27)17(23)21(30)31-9-22(4,5)6/h7-8H,9H2,1-6H3,(H,24,25)(H,26,27)(H,28,29). The van der Waals surface area contributed by atoms with Crippen molar-refractivity contribution in [3.8, 4) is 5.69 Å². The minimum atomic E-state index is -1.78. The second-order valence-electron chi connectivity index (χ2n) is 8.58. The highest BCUT2D eigenvalue weighted by molar-refractivity contribution is 6.15. The van der Waals surface area contributed by atoms with Gasteiger partial charge in [-0.15, -0.1) is 0 Å². The summed E-state index contributed by atoms with van der Waals surface area (Å²) in [6.07, 6.45) is 0. The number of aromatic nitrogens is 1. The summed E-state index contributed by atoms with van der Waals surface area (Å²) in [5.74, 6) is -6.33. The third-order valence-corrected chi connectivity index (χ3v) is 4.49. The monoisotopic (exact) mass is 431 g/mol. The third-order valence-electron chi connectivity index (χ3n) is 4.49. The first-order valence-electron chi connectivity index (χ1n) is 9.41. The number of rotatable bonds is 6. The third kappa shape index (κ3) is 4.60. The Kier molecular flexibility index (Phi) is 6.30. The topological polar surface area (TPSA) is 143 Å². The zero-order valence-electron chi connectivity index (χ0n) is 18.2. The fraction of sp³-hybridized carbons (Fsp3) is 0.364. The molecular weight excluding hydrogens is 406 g/mol.